The molecule has 1 aliphatic heterocycles. The predicted octanol–water partition coefficient (Wildman–Crippen LogP) is 2.38. The summed E-state index contributed by atoms with van der Waals surface area (Å²) in [6.45, 7) is 0.565. The highest BCUT2D eigenvalue weighted by Gasteiger charge is 2.33. The molecule has 112 valence electrons. The molecule has 3 heterocycles. The fourth-order valence-electron chi connectivity index (χ4n) is 2.53. The molecule has 1 fully saturated rings. The van der Waals surface area contributed by atoms with Crippen LogP contribution in [0.1, 0.15) is 24.6 Å². The van der Waals surface area contributed by atoms with E-state index in [-0.39, 0.29) is 6.04 Å². The van der Waals surface area contributed by atoms with E-state index in [1.54, 1.807) is 6.20 Å². The molecule has 2 aromatic heterocycles. The minimum Gasteiger partial charge on any atom is -0.316 e. The topological polar surface area (TPSA) is 75.2 Å². The highest BCUT2D eigenvalue weighted by molar-refractivity contribution is 7.88. The van der Waals surface area contributed by atoms with E-state index in [9.17, 15) is 8.42 Å². The summed E-state index contributed by atoms with van der Waals surface area (Å²) >= 11 is 1.49. The normalized spacial score (nSPS) is 19.8. The first kappa shape index (κ1) is 14.4. The number of nitrogens with zero attached hydrogens (tertiary/aromatic N) is 3. The largest absolute Gasteiger partial charge is 0.316 e. The van der Waals surface area contributed by atoms with Crippen LogP contribution in [0, 0.1) is 0 Å². The highest BCUT2D eigenvalue weighted by Crippen LogP contribution is 2.33. The van der Waals surface area contributed by atoms with Crippen molar-refractivity contribution in [3.63, 3.8) is 0 Å². The SMILES string of the molecule is CS(=O)(=O)N1CCC[C@H]1c1cccc(Nc2nccs2)n1. The molecule has 3 rings (SSSR count). The van der Waals surface area contributed by atoms with Crippen molar-refractivity contribution < 1.29 is 8.42 Å². The molecule has 8 heteroatoms. The lowest BCUT2D eigenvalue weighted by molar-refractivity contribution is 0.394. The van der Waals surface area contributed by atoms with E-state index in [4.69, 9.17) is 0 Å². The van der Waals surface area contributed by atoms with Crippen molar-refractivity contribution in [2.75, 3.05) is 18.1 Å². The van der Waals surface area contributed by atoms with Crippen molar-refractivity contribution in [1.29, 1.82) is 0 Å². The van der Waals surface area contributed by atoms with Crippen LogP contribution in [0.4, 0.5) is 10.9 Å². The van der Waals surface area contributed by atoms with E-state index < -0.39 is 10.0 Å². The number of hydrogen-bond acceptors (Lipinski definition) is 6. The zero-order valence-electron chi connectivity index (χ0n) is 11.6. The molecule has 2 aromatic rings. The molecule has 6 nitrogen and oxygen atoms in total. The zero-order chi connectivity index (χ0) is 14.9. The smallest absolute Gasteiger partial charge is 0.211 e. The number of aromatic nitrogens is 2. The number of nitrogens with one attached hydrogen (secondary N) is 1. The molecule has 0 amide bonds. The van der Waals surface area contributed by atoms with Gasteiger partial charge in [-0.1, -0.05) is 6.07 Å². The van der Waals surface area contributed by atoms with E-state index in [1.807, 2.05) is 23.6 Å². The predicted molar refractivity (Wildman–Crippen MR) is 83.2 cm³/mol. The van der Waals surface area contributed by atoms with Crippen LogP contribution in [0.2, 0.25) is 0 Å². The molecule has 21 heavy (non-hydrogen) atoms. The third-order valence-corrected chi connectivity index (χ3v) is 5.39. The van der Waals surface area contributed by atoms with Gasteiger partial charge in [0.25, 0.3) is 0 Å². The summed E-state index contributed by atoms with van der Waals surface area (Å²) in [5.74, 6) is 0.683. The maximum absolute atomic E-state index is 11.8. The Bertz CT molecular complexity index is 716. The first-order chi connectivity index (χ1) is 10.0. The number of pyridine rings is 1. The second-order valence-corrected chi connectivity index (χ2v) is 7.77. The van der Waals surface area contributed by atoms with E-state index in [0.29, 0.717) is 12.4 Å². The van der Waals surface area contributed by atoms with Crippen LogP contribution in [0.25, 0.3) is 0 Å². The van der Waals surface area contributed by atoms with Crippen molar-refractivity contribution in [3.8, 4) is 0 Å². The lowest BCUT2D eigenvalue weighted by Gasteiger charge is -2.21. The van der Waals surface area contributed by atoms with Crippen molar-refractivity contribution in [1.82, 2.24) is 14.3 Å². The lowest BCUT2D eigenvalue weighted by atomic mass is 10.1. The van der Waals surface area contributed by atoms with Gasteiger partial charge in [-0.05, 0) is 25.0 Å². The van der Waals surface area contributed by atoms with Crippen LogP contribution >= 0.6 is 11.3 Å². The van der Waals surface area contributed by atoms with Gasteiger partial charge in [0.1, 0.15) is 5.82 Å². The molecular formula is C13H16N4O2S2. The van der Waals surface area contributed by atoms with Crippen LogP contribution < -0.4 is 5.32 Å². The maximum atomic E-state index is 11.8. The summed E-state index contributed by atoms with van der Waals surface area (Å²) in [5, 5.41) is 5.78. The Hall–Kier alpha value is -1.51. The van der Waals surface area contributed by atoms with Gasteiger partial charge in [-0.15, -0.1) is 11.3 Å². The van der Waals surface area contributed by atoms with E-state index in [1.165, 1.54) is 21.9 Å². The molecule has 1 N–H and O–H groups in total. The minimum atomic E-state index is -3.20. The third-order valence-electron chi connectivity index (χ3n) is 3.41. The molecule has 0 saturated carbocycles. The summed E-state index contributed by atoms with van der Waals surface area (Å²) in [6, 6.07) is 5.45. The van der Waals surface area contributed by atoms with Crippen molar-refractivity contribution in [3.05, 3.63) is 35.5 Å². The summed E-state index contributed by atoms with van der Waals surface area (Å²) < 4.78 is 25.2. The Morgan fingerprint density at radius 3 is 3.00 bits per heavy atom. The second-order valence-electron chi connectivity index (χ2n) is 4.94. The van der Waals surface area contributed by atoms with Gasteiger partial charge in [0.2, 0.25) is 10.0 Å². The first-order valence-electron chi connectivity index (χ1n) is 6.64. The Kier molecular flexibility index (Phi) is 3.92. The zero-order valence-corrected chi connectivity index (χ0v) is 13.2. The summed E-state index contributed by atoms with van der Waals surface area (Å²) in [4.78, 5) is 8.70. The van der Waals surface area contributed by atoms with Crippen LogP contribution in [0.15, 0.2) is 29.8 Å². The van der Waals surface area contributed by atoms with Gasteiger partial charge in [-0.2, -0.15) is 4.31 Å². The Labute approximate surface area is 127 Å². The van der Waals surface area contributed by atoms with E-state index in [0.717, 1.165) is 23.7 Å². The standard InChI is InChI=1S/C13H16N4O2S2/c1-21(18,19)17-8-3-5-11(17)10-4-2-6-12(15-10)16-13-14-7-9-20-13/h2,4,6-7,9,11H,3,5,8H2,1H3,(H,14,15,16)/t11-/m0/s1. The average molecular weight is 324 g/mol. The molecule has 0 aromatic carbocycles. The number of anilines is 2. The highest BCUT2D eigenvalue weighted by atomic mass is 32.2. The molecule has 0 radical (unpaired) electrons. The summed E-state index contributed by atoms with van der Waals surface area (Å²) in [6.07, 6.45) is 4.65. The van der Waals surface area contributed by atoms with Gasteiger partial charge in [0, 0.05) is 18.1 Å². The van der Waals surface area contributed by atoms with Crippen molar-refractivity contribution in [2.45, 2.75) is 18.9 Å². The number of rotatable bonds is 4. The number of thiazole rings is 1. The van der Waals surface area contributed by atoms with Gasteiger partial charge < -0.3 is 5.32 Å². The van der Waals surface area contributed by atoms with Crippen LogP contribution in [0.3, 0.4) is 0 Å². The molecular weight excluding hydrogens is 308 g/mol. The molecule has 0 aliphatic carbocycles. The van der Waals surface area contributed by atoms with Crippen LogP contribution in [-0.4, -0.2) is 35.5 Å². The maximum Gasteiger partial charge on any atom is 0.211 e. The molecule has 1 saturated heterocycles. The second kappa shape index (κ2) is 5.70. The quantitative estimate of drug-likeness (QED) is 0.934. The van der Waals surface area contributed by atoms with Crippen molar-refractivity contribution >= 4 is 32.3 Å². The monoisotopic (exact) mass is 324 g/mol. The molecule has 0 bridgehead atoms. The third kappa shape index (κ3) is 3.22. The Morgan fingerprint density at radius 2 is 2.29 bits per heavy atom. The summed E-state index contributed by atoms with van der Waals surface area (Å²) in [7, 11) is -3.20. The minimum absolute atomic E-state index is 0.168. The molecule has 0 spiro atoms. The van der Waals surface area contributed by atoms with Gasteiger partial charge in [0.15, 0.2) is 5.13 Å². The van der Waals surface area contributed by atoms with Gasteiger partial charge in [-0.25, -0.2) is 18.4 Å². The van der Waals surface area contributed by atoms with Crippen LogP contribution in [-0.2, 0) is 10.0 Å². The first-order valence-corrected chi connectivity index (χ1v) is 9.37. The number of sulfonamides is 1. The van der Waals surface area contributed by atoms with E-state index >= 15 is 0 Å². The fraction of sp³-hybridized carbons (Fsp3) is 0.385. The van der Waals surface area contributed by atoms with Crippen molar-refractivity contribution in [2.24, 2.45) is 0 Å². The summed E-state index contributed by atoms with van der Waals surface area (Å²) in [5.41, 5.74) is 0.777. The van der Waals surface area contributed by atoms with Gasteiger partial charge in [0.05, 0.1) is 18.0 Å². The molecule has 1 atom stereocenters. The molecule has 1 aliphatic rings. The Morgan fingerprint density at radius 1 is 1.43 bits per heavy atom. The van der Waals surface area contributed by atoms with Crippen LogP contribution in [0.5, 0.6) is 0 Å². The average Bonchev–Trinajstić information content (AvgIpc) is 3.08. The molecule has 0 unspecified atom stereocenters. The fourth-order valence-corrected chi connectivity index (χ4v) is 4.21. The van der Waals surface area contributed by atoms with Gasteiger partial charge >= 0.3 is 0 Å². The lowest BCUT2D eigenvalue weighted by Crippen LogP contribution is -2.29. The van der Waals surface area contributed by atoms with E-state index in [2.05, 4.69) is 15.3 Å². The number of hydrogen-bond donors (Lipinski definition) is 1. The van der Waals surface area contributed by atoms with Gasteiger partial charge in [-0.3, -0.25) is 0 Å². The Balaban J connectivity index is 1.85.